The number of hydrogen-bond donors (Lipinski definition) is 3. The van der Waals surface area contributed by atoms with Gasteiger partial charge in [0.15, 0.2) is 5.03 Å². The molecular weight excluding hydrogens is 628 g/mol. The van der Waals surface area contributed by atoms with Crippen LogP contribution < -0.4 is 15.4 Å². The number of sulfonamides is 1. The average Bonchev–Trinajstić information content (AvgIpc) is 3.24. The maximum absolute atomic E-state index is 13.1. The minimum absolute atomic E-state index is 0.0562. The molecular formula is C29H36BrClN6O3S. The fourth-order valence-corrected chi connectivity index (χ4v) is 6.51. The number of carbonyl (C=O) groups excluding carboxylic acids is 1. The van der Waals surface area contributed by atoms with Crippen LogP contribution in [0.2, 0.25) is 5.15 Å². The lowest BCUT2D eigenvalue weighted by Gasteiger charge is -2.24. The highest BCUT2D eigenvalue weighted by Crippen LogP contribution is 2.32. The summed E-state index contributed by atoms with van der Waals surface area (Å²) in [5.74, 6) is -0.0132. The Labute approximate surface area is 255 Å². The van der Waals surface area contributed by atoms with Crippen molar-refractivity contribution in [3.8, 4) is 0 Å². The number of nitrogens with zero attached hydrogens (tertiary/aromatic N) is 3. The van der Waals surface area contributed by atoms with E-state index >= 15 is 0 Å². The molecule has 0 radical (unpaired) electrons. The fourth-order valence-electron chi connectivity index (χ4n) is 4.93. The third kappa shape index (κ3) is 8.24. The van der Waals surface area contributed by atoms with Gasteiger partial charge in [-0.1, -0.05) is 38.4 Å². The molecule has 0 aromatic carbocycles. The largest absolute Gasteiger partial charge is 0.362 e. The van der Waals surface area contributed by atoms with Gasteiger partial charge in [-0.25, -0.2) is 14.7 Å². The van der Waals surface area contributed by atoms with Crippen LogP contribution in [0.4, 0.5) is 5.82 Å². The minimum Gasteiger partial charge on any atom is -0.362 e. The number of hydrogen-bond acceptors (Lipinski definition) is 8. The quantitative estimate of drug-likeness (QED) is 0.237. The Balaban J connectivity index is 1.57. The Bertz CT molecular complexity index is 1530. The molecule has 2 atom stereocenters. The normalized spacial score (nSPS) is 17.7. The molecule has 0 aliphatic carbocycles. The zero-order chi connectivity index (χ0) is 30.0. The Morgan fingerprint density at radius 2 is 1.95 bits per heavy atom. The minimum atomic E-state index is -4.29. The molecule has 9 nitrogen and oxygen atoms in total. The molecule has 0 saturated carbocycles. The van der Waals surface area contributed by atoms with E-state index in [0.717, 1.165) is 37.1 Å². The molecule has 0 spiro atoms. The number of pyridine rings is 3. The first-order chi connectivity index (χ1) is 19.1. The van der Waals surface area contributed by atoms with Gasteiger partial charge in [0.25, 0.3) is 15.9 Å². The van der Waals surface area contributed by atoms with E-state index in [1.165, 1.54) is 18.2 Å². The number of aromatic nitrogens is 3. The zero-order valence-electron chi connectivity index (χ0n) is 23.8. The smallest absolute Gasteiger partial charge is 0.281 e. The van der Waals surface area contributed by atoms with Crippen LogP contribution in [0.25, 0.3) is 0 Å². The van der Waals surface area contributed by atoms with E-state index in [9.17, 15) is 13.2 Å². The summed E-state index contributed by atoms with van der Waals surface area (Å²) in [4.78, 5) is 25.7. The zero-order valence-corrected chi connectivity index (χ0v) is 27.0. The van der Waals surface area contributed by atoms with Crippen molar-refractivity contribution >= 4 is 49.3 Å². The van der Waals surface area contributed by atoms with E-state index in [1.807, 2.05) is 17.0 Å². The summed E-state index contributed by atoms with van der Waals surface area (Å²) in [6.07, 6.45) is 4.65. The molecule has 1 aliphatic rings. The lowest BCUT2D eigenvalue weighted by atomic mass is 9.86. The van der Waals surface area contributed by atoms with Crippen molar-refractivity contribution in [2.45, 2.75) is 75.9 Å². The highest BCUT2D eigenvalue weighted by Gasteiger charge is 2.31. The summed E-state index contributed by atoms with van der Waals surface area (Å²) in [5.41, 5.74) is 2.01. The number of anilines is 1. The molecule has 4 rings (SSSR count). The van der Waals surface area contributed by atoms with E-state index in [4.69, 9.17) is 11.6 Å². The Morgan fingerprint density at radius 1 is 1.20 bits per heavy atom. The van der Waals surface area contributed by atoms with Gasteiger partial charge in [0.05, 0.1) is 17.3 Å². The third-order valence-corrected chi connectivity index (χ3v) is 9.11. The predicted octanol–water partition coefficient (Wildman–Crippen LogP) is 6.03. The van der Waals surface area contributed by atoms with Crippen LogP contribution >= 0.6 is 27.5 Å². The van der Waals surface area contributed by atoms with Crippen LogP contribution in [-0.2, 0) is 15.4 Å². The van der Waals surface area contributed by atoms with Crippen LogP contribution in [0.5, 0.6) is 0 Å². The van der Waals surface area contributed by atoms with Crippen molar-refractivity contribution in [1.82, 2.24) is 25.0 Å². The Morgan fingerprint density at radius 3 is 2.61 bits per heavy atom. The van der Waals surface area contributed by atoms with Crippen molar-refractivity contribution in [3.63, 3.8) is 0 Å². The molecule has 41 heavy (non-hydrogen) atoms. The van der Waals surface area contributed by atoms with Crippen molar-refractivity contribution in [1.29, 1.82) is 0 Å². The summed E-state index contributed by atoms with van der Waals surface area (Å²) in [5, 5.41) is 6.59. The van der Waals surface area contributed by atoms with Crippen LogP contribution in [0.1, 0.15) is 81.5 Å². The van der Waals surface area contributed by atoms with E-state index in [0.29, 0.717) is 16.3 Å². The fraction of sp³-hybridized carbons (Fsp3) is 0.448. The molecule has 3 N–H and O–H groups in total. The first-order valence-corrected chi connectivity index (χ1v) is 16.1. The Hall–Kier alpha value is -2.60. The summed E-state index contributed by atoms with van der Waals surface area (Å²) >= 11 is 9.21. The highest BCUT2D eigenvalue weighted by atomic mass is 79.9. The molecule has 1 unspecified atom stereocenters. The topological polar surface area (TPSA) is 126 Å². The van der Waals surface area contributed by atoms with Gasteiger partial charge >= 0.3 is 0 Å². The standard InChI is InChI=1S/C29H36BrClN6O3S/c1-28(2,3)19-13-14-32-22(15-19)21(11-9-18-16-29(4,5)33-17-18)34-24-7-6-8-25(36-24)41(39,40)37-27(38)20-10-12-23(30)35-26(20)31/h6-8,10,12-15,18,21,33H,9,11,16-17H2,1-5H3,(H,34,36)(H,37,38)/t18-,21?/m1/s1. The number of carbonyl (C=O) groups is 1. The molecule has 0 bridgehead atoms. The van der Waals surface area contributed by atoms with Crippen LogP contribution in [-0.4, -0.2) is 41.4 Å². The molecule has 1 aliphatic heterocycles. The molecule has 3 aromatic rings. The highest BCUT2D eigenvalue weighted by molar-refractivity contribution is 9.10. The number of rotatable bonds is 9. The van der Waals surface area contributed by atoms with Crippen molar-refractivity contribution < 1.29 is 13.2 Å². The molecule has 12 heteroatoms. The SMILES string of the molecule is CC1(C)C[C@@H](CCC(Nc2cccc(S(=O)(=O)NC(=O)c3ccc(Br)nc3Cl)n2)c2cc(C(C)(C)C)ccn2)CN1. The van der Waals surface area contributed by atoms with E-state index in [-0.39, 0.29) is 32.7 Å². The summed E-state index contributed by atoms with van der Waals surface area (Å²) in [6, 6.07) is 11.4. The molecule has 1 amide bonds. The second-order valence-electron chi connectivity index (χ2n) is 12.1. The van der Waals surface area contributed by atoms with Gasteiger partial charge in [-0.3, -0.25) is 9.78 Å². The van der Waals surface area contributed by atoms with Crippen molar-refractivity contribution in [2.24, 2.45) is 5.92 Å². The van der Waals surface area contributed by atoms with Gasteiger partial charge in [-0.05, 0) is 109 Å². The van der Waals surface area contributed by atoms with Crippen LogP contribution in [0.3, 0.4) is 0 Å². The van der Waals surface area contributed by atoms with Gasteiger partial charge in [-0.15, -0.1) is 0 Å². The second-order valence-corrected chi connectivity index (χ2v) is 14.9. The lowest BCUT2D eigenvalue weighted by molar-refractivity contribution is 0.0981. The van der Waals surface area contributed by atoms with Crippen molar-refractivity contribution in [3.05, 3.63) is 75.2 Å². The van der Waals surface area contributed by atoms with Gasteiger partial charge in [0.1, 0.15) is 15.6 Å². The van der Waals surface area contributed by atoms with E-state index < -0.39 is 15.9 Å². The predicted molar refractivity (Wildman–Crippen MR) is 165 cm³/mol. The summed E-state index contributed by atoms with van der Waals surface area (Å²) in [6.45, 7) is 11.9. The number of amides is 1. The molecule has 220 valence electrons. The average molecular weight is 664 g/mol. The first-order valence-electron chi connectivity index (χ1n) is 13.5. The van der Waals surface area contributed by atoms with E-state index in [1.54, 1.807) is 12.1 Å². The van der Waals surface area contributed by atoms with Crippen LogP contribution in [0.15, 0.2) is 58.3 Å². The van der Waals surface area contributed by atoms with Gasteiger partial charge in [0, 0.05) is 11.7 Å². The molecule has 1 fully saturated rings. The monoisotopic (exact) mass is 662 g/mol. The molecule has 4 heterocycles. The first kappa shape index (κ1) is 31.3. The number of halogens is 2. The lowest BCUT2D eigenvalue weighted by Crippen LogP contribution is -2.31. The van der Waals surface area contributed by atoms with Gasteiger partial charge in [-0.2, -0.15) is 8.42 Å². The number of nitrogens with one attached hydrogen (secondary N) is 3. The third-order valence-electron chi connectivity index (χ3n) is 7.14. The van der Waals surface area contributed by atoms with Gasteiger partial charge < -0.3 is 10.6 Å². The Kier molecular flexibility index (Phi) is 9.42. The van der Waals surface area contributed by atoms with Crippen molar-refractivity contribution in [2.75, 3.05) is 11.9 Å². The summed E-state index contributed by atoms with van der Waals surface area (Å²) in [7, 11) is -4.29. The van der Waals surface area contributed by atoms with Gasteiger partial charge in [0.2, 0.25) is 0 Å². The second kappa shape index (κ2) is 12.3. The maximum atomic E-state index is 13.1. The molecule has 3 aromatic heterocycles. The molecule has 1 saturated heterocycles. The van der Waals surface area contributed by atoms with Crippen LogP contribution in [0, 0.1) is 5.92 Å². The maximum Gasteiger partial charge on any atom is 0.281 e. The summed E-state index contributed by atoms with van der Waals surface area (Å²) < 4.78 is 28.7. The van der Waals surface area contributed by atoms with E-state index in [2.05, 4.69) is 82.2 Å².